The monoisotopic (exact) mass is 839 g/mol. The Morgan fingerprint density at radius 2 is 1.07 bits per heavy atom. The zero-order valence-corrected chi connectivity index (χ0v) is 32.5. The second kappa shape index (κ2) is 22.5. The summed E-state index contributed by atoms with van der Waals surface area (Å²) in [5.41, 5.74) is 0. The molecule has 22 nitrogen and oxygen atoms in total. The molecule has 0 aromatic heterocycles. The minimum atomic E-state index is -1.22. The Balaban J connectivity index is 1.16. The highest BCUT2D eigenvalue weighted by Crippen LogP contribution is 2.18. The van der Waals surface area contributed by atoms with E-state index < -0.39 is 89.5 Å². The van der Waals surface area contributed by atoms with Crippen LogP contribution >= 0.6 is 0 Å². The molecule has 0 aromatic carbocycles. The van der Waals surface area contributed by atoms with Gasteiger partial charge in [0.05, 0.1) is 45.4 Å². The zero-order valence-electron chi connectivity index (χ0n) is 32.5. The minimum Gasteiger partial charge on any atom is -0.481 e. The topological polar surface area (TPSA) is 284 Å². The standard InChI is InChI=1S/C38H45N7O15/c46-27(4-3-25(44-33(52)9-10-34(44)53)24-43-31(50)7-8-32(43)51)39-15-20-59-22-18-41(28(47)13-14-37(56)57)19-23-60-21-16-40-38(58)26(45-35(54)11-12-36(45)55)2-1-17-42-29(48)5-6-30(42)49/h5-12,25-26H,1-4,13-24H2,(H,39,46)(H,40,58)(H,56,57). The lowest BCUT2D eigenvalue weighted by atomic mass is 10.1. The number of carbonyl (C=O) groups is 12. The number of ether oxygens (including phenoxy) is 2. The SMILES string of the molecule is O=C(O)CCC(=O)N(CCOCCNC(=O)CCC(CN1C(=O)C=CC1=O)N1C(=O)C=CC1=O)CCOCCNC(=O)C(CCCN1C(=O)C=CC1=O)N1C(=O)C=CC1=O. The van der Waals surface area contributed by atoms with Crippen LogP contribution in [-0.2, 0) is 67.0 Å². The van der Waals surface area contributed by atoms with Crippen molar-refractivity contribution < 1.29 is 72.1 Å². The second-order valence-corrected chi connectivity index (χ2v) is 13.5. The van der Waals surface area contributed by atoms with E-state index in [1.807, 2.05) is 0 Å². The van der Waals surface area contributed by atoms with Gasteiger partial charge in [-0.2, -0.15) is 0 Å². The van der Waals surface area contributed by atoms with E-state index in [1.54, 1.807) is 0 Å². The summed E-state index contributed by atoms with van der Waals surface area (Å²) in [4.78, 5) is 152. The largest absolute Gasteiger partial charge is 0.481 e. The highest BCUT2D eigenvalue weighted by molar-refractivity contribution is 6.16. The van der Waals surface area contributed by atoms with E-state index in [9.17, 15) is 57.5 Å². The van der Waals surface area contributed by atoms with Crippen molar-refractivity contribution >= 4 is 70.9 Å². The summed E-state index contributed by atoms with van der Waals surface area (Å²) < 4.78 is 11.1. The van der Waals surface area contributed by atoms with Crippen LogP contribution in [0.15, 0.2) is 48.6 Å². The summed E-state index contributed by atoms with van der Waals surface area (Å²) in [6.45, 7) is -0.248. The molecule has 2 unspecified atom stereocenters. The minimum absolute atomic E-state index is 0.00566. The quantitative estimate of drug-likeness (QED) is 0.0547. The van der Waals surface area contributed by atoms with Gasteiger partial charge in [0, 0.05) is 94.2 Å². The van der Waals surface area contributed by atoms with Crippen molar-refractivity contribution in [3.63, 3.8) is 0 Å². The van der Waals surface area contributed by atoms with Gasteiger partial charge in [-0.3, -0.25) is 77.1 Å². The molecule has 60 heavy (non-hydrogen) atoms. The zero-order chi connectivity index (χ0) is 43.8. The molecule has 3 N–H and O–H groups in total. The van der Waals surface area contributed by atoms with Crippen LogP contribution in [0.2, 0.25) is 0 Å². The number of imide groups is 4. The van der Waals surface area contributed by atoms with Gasteiger partial charge < -0.3 is 30.1 Å². The molecule has 0 bridgehead atoms. The molecule has 0 saturated heterocycles. The number of nitrogens with one attached hydrogen (secondary N) is 2. The fourth-order valence-electron chi connectivity index (χ4n) is 6.39. The lowest BCUT2D eigenvalue weighted by molar-refractivity contribution is -0.146. The van der Waals surface area contributed by atoms with Gasteiger partial charge in [-0.15, -0.1) is 0 Å². The molecule has 0 aromatic rings. The number of amides is 11. The first-order valence-corrected chi connectivity index (χ1v) is 19.0. The molecule has 0 spiro atoms. The van der Waals surface area contributed by atoms with E-state index in [1.165, 1.54) is 4.90 Å². The number of hydrogen-bond donors (Lipinski definition) is 3. The Labute approximate surface area is 342 Å². The van der Waals surface area contributed by atoms with Crippen LogP contribution in [0.25, 0.3) is 0 Å². The average molecular weight is 840 g/mol. The normalized spacial score (nSPS) is 16.9. The average Bonchev–Trinajstić information content (AvgIpc) is 3.93. The number of carboxylic acid groups (broad SMARTS) is 1. The van der Waals surface area contributed by atoms with Crippen LogP contribution in [-0.4, -0.2) is 178 Å². The van der Waals surface area contributed by atoms with Crippen LogP contribution in [0.5, 0.6) is 0 Å². The van der Waals surface area contributed by atoms with Gasteiger partial charge in [-0.1, -0.05) is 0 Å². The first kappa shape index (κ1) is 46.0. The number of nitrogens with zero attached hydrogens (tertiary/aromatic N) is 5. The van der Waals surface area contributed by atoms with Crippen LogP contribution < -0.4 is 10.6 Å². The molecule has 0 radical (unpaired) electrons. The van der Waals surface area contributed by atoms with Crippen molar-refractivity contribution in [2.75, 3.05) is 65.7 Å². The summed E-state index contributed by atoms with van der Waals surface area (Å²) in [6, 6.07) is -2.16. The summed E-state index contributed by atoms with van der Waals surface area (Å²) in [6.07, 6.45) is 7.79. The Bertz CT molecular complexity index is 1820. The van der Waals surface area contributed by atoms with Gasteiger partial charge in [0.1, 0.15) is 6.04 Å². The summed E-state index contributed by atoms with van der Waals surface area (Å²) in [7, 11) is 0. The third-order valence-corrected chi connectivity index (χ3v) is 9.46. The number of rotatable bonds is 27. The third-order valence-electron chi connectivity index (χ3n) is 9.46. The van der Waals surface area contributed by atoms with Crippen molar-refractivity contribution in [2.45, 2.75) is 50.6 Å². The first-order chi connectivity index (χ1) is 28.7. The summed E-state index contributed by atoms with van der Waals surface area (Å²) >= 11 is 0. The number of hydrogen-bond acceptors (Lipinski definition) is 14. The molecular weight excluding hydrogens is 794 g/mol. The molecule has 11 amide bonds. The number of aliphatic carboxylic acids is 1. The highest BCUT2D eigenvalue weighted by atomic mass is 16.5. The Hall–Kier alpha value is -6.68. The molecule has 0 fully saturated rings. The second-order valence-electron chi connectivity index (χ2n) is 13.5. The van der Waals surface area contributed by atoms with E-state index >= 15 is 0 Å². The van der Waals surface area contributed by atoms with Crippen molar-refractivity contribution in [1.82, 2.24) is 35.1 Å². The smallest absolute Gasteiger partial charge is 0.303 e. The lowest BCUT2D eigenvalue weighted by Crippen LogP contribution is -2.50. The lowest BCUT2D eigenvalue weighted by Gasteiger charge is -2.29. The first-order valence-electron chi connectivity index (χ1n) is 19.0. The van der Waals surface area contributed by atoms with Crippen molar-refractivity contribution in [3.8, 4) is 0 Å². The molecule has 4 heterocycles. The molecule has 0 saturated carbocycles. The molecular formula is C38H45N7O15. The molecule has 4 rings (SSSR count). The van der Waals surface area contributed by atoms with Gasteiger partial charge in [0.25, 0.3) is 47.3 Å². The molecule has 22 heteroatoms. The van der Waals surface area contributed by atoms with Gasteiger partial charge in [0.2, 0.25) is 17.7 Å². The van der Waals surface area contributed by atoms with Crippen molar-refractivity contribution in [1.29, 1.82) is 0 Å². The van der Waals surface area contributed by atoms with Crippen LogP contribution in [0.1, 0.15) is 38.5 Å². The van der Waals surface area contributed by atoms with E-state index in [-0.39, 0.29) is 97.8 Å². The van der Waals surface area contributed by atoms with Gasteiger partial charge in [0.15, 0.2) is 0 Å². The molecule has 322 valence electrons. The molecule has 0 aliphatic carbocycles. The summed E-state index contributed by atoms with van der Waals surface area (Å²) in [5, 5.41) is 14.3. The van der Waals surface area contributed by atoms with Crippen LogP contribution in [0.4, 0.5) is 0 Å². The summed E-state index contributed by atoms with van der Waals surface area (Å²) in [5.74, 6) is -7.61. The van der Waals surface area contributed by atoms with Crippen molar-refractivity contribution in [3.05, 3.63) is 48.6 Å². The van der Waals surface area contributed by atoms with E-state index in [4.69, 9.17) is 14.6 Å². The third kappa shape index (κ3) is 13.2. The predicted octanol–water partition coefficient (Wildman–Crippen LogP) is -3.06. The van der Waals surface area contributed by atoms with Crippen LogP contribution in [0.3, 0.4) is 0 Å². The Morgan fingerprint density at radius 3 is 1.60 bits per heavy atom. The van der Waals surface area contributed by atoms with Crippen molar-refractivity contribution in [2.24, 2.45) is 0 Å². The molecule has 4 aliphatic heterocycles. The number of carboxylic acids is 1. The van der Waals surface area contributed by atoms with Gasteiger partial charge >= 0.3 is 5.97 Å². The predicted molar refractivity (Wildman–Crippen MR) is 201 cm³/mol. The van der Waals surface area contributed by atoms with E-state index in [2.05, 4.69) is 10.6 Å². The highest BCUT2D eigenvalue weighted by Gasteiger charge is 2.37. The fraction of sp³-hybridized carbons (Fsp3) is 0.474. The molecule has 4 aliphatic rings. The maximum absolute atomic E-state index is 13.1. The van der Waals surface area contributed by atoms with E-state index in [0.717, 1.165) is 68.2 Å². The Morgan fingerprint density at radius 1 is 0.583 bits per heavy atom. The van der Waals surface area contributed by atoms with Gasteiger partial charge in [-0.25, -0.2) is 0 Å². The molecule has 2 atom stereocenters. The maximum atomic E-state index is 13.1. The fourth-order valence-corrected chi connectivity index (χ4v) is 6.39. The van der Waals surface area contributed by atoms with Crippen LogP contribution in [0, 0.1) is 0 Å². The number of carbonyl (C=O) groups excluding carboxylic acids is 11. The Kier molecular flexibility index (Phi) is 17.2. The van der Waals surface area contributed by atoms with E-state index in [0.29, 0.717) is 0 Å². The van der Waals surface area contributed by atoms with Gasteiger partial charge in [-0.05, 0) is 19.3 Å². The maximum Gasteiger partial charge on any atom is 0.303 e.